The van der Waals surface area contributed by atoms with Gasteiger partial charge < -0.3 is 10.9 Å². The molecular formula is C8H10N2O2. The van der Waals surface area contributed by atoms with Crippen molar-refractivity contribution in [3.05, 3.63) is 35.3 Å². The van der Waals surface area contributed by atoms with Gasteiger partial charge in [0, 0.05) is 25.0 Å². The number of carbonyl (C=O) groups is 1. The van der Waals surface area contributed by atoms with Crippen LogP contribution in [0.2, 0.25) is 0 Å². The minimum Gasteiger partial charge on any atom is -0.619 e. The van der Waals surface area contributed by atoms with Crippen molar-refractivity contribution in [3.8, 4) is 0 Å². The van der Waals surface area contributed by atoms with Crippen molar-refractivity contribution >= 4 is 5.91 Å². The molecule has 0 aliphatic heterocycles. The first kappa shape index (κ1) is 8.52. The van der Waals surface area contributed by atoms with Gasteiger partial charge in [0.25, 0.3) is 0 Å². The number of hydrogen-bond acceptors (Lipinski definition) is 2. The average Bonchev–Trinajstić information content (AvgIpc) is 2.03. The van der Waals surface area contributed by atoms with Crippen LogP contribution in [0.3, 0.4) is 0 Å². The average molecular weight is 166 g/mol. The van der Waals surface area contributed by atoms with Crippen LogP contribution in [-0.4, -0.2) is 5.91 Å². The van der Waals surface area contributed by atoms with Crippen molar-refractivity contribution in [2.45, 2.75) is 12.8 Å². The van der Waals surface area contributed by atoms with Gasteiger partial charge in [-0.25, -0.2) is 0 Å². The summed E-state index contributed by atoms with van der Waals surface area (Å²) in [5.41, 5.74) is 5.51. The maximum atomic E-state index is 11.0. The molecule has 0 aliphatic carbocycles. The second kappa shape index (κ2) is 3.71. The molecule has 1 amide bonds. The molecule has 0 bridgehead atoms. The Kier molecular flexibility index (Phi) is 2.63. The molecule has 1 aromatic rings. The number of amides is 1. The predicted octanol–water partition coefficient (Wildman–Crippen LogP) is -0.262. The molecule has 0 fully saturated rings. The summed E-state index contributed by atoms with van der Waals surface area (Å²) < 4.78 is 0.739. The van der Waals surface area contributed by atoms with E-state index in [1.807, 2.05) is 0 Å². The molecule has 2 N–H and O–H groups in total. The maximum Gasteiger partial charge on any atom is 0.217 e. The fourth-order valence-electron chi connectivity index (χ4n) is 0.908. The van der Waals surface area contributed by atoms with Crippen LogP contribution in [0.4, 0.5) is 0 Å². The molecule has 4 heteroatoms. The molecule has 0 aromatic carbocycles. The Bertz CT molecular complexity index is 286. The molecule has 0 saturated heterocycles. The lowest BCUT2D eigenvalue weighted by molar-refractivity contribution is -0.614. The van der Waals surface area contributed by atoms with E-state index in [4.69, 9.17) is 5.73 Å². The Morgan fingerprint density at radius 2 is 2.33 bits per heavy atom. The highest BCUT2D eigenvalue weighted by atomic mass is 16.5. The van der Waals surface area contributed by atoms with E-state index in [9.17, 15) is 10.0 Å². The molecule has 0 spiro atoms. The Balaban J connectivity index is 2.63. The number of rotatable bonds is 3. The van der Waals surface area contributed by atoms with E-state index in [0.717, 1.165) is 4.73 Å². The van der Waals surface area contributed by atoms with E-state index in [1.54, 1.807) is 18.2 Å². The second-order valence-electron chi connectivity index (χ2n) is 2.48. The van der Waals surface area contributed by atoms with Crippen LogP contribution in [-0.2, 0) is 11.2 Å². The Morgan fingerprint density at radius 1 is 1.58 bits per heavy atom. The van der Waals surface area contributed by atoms with Gasteiger partial charge in [-0.15, -0.1) is 0 Å². The summed E-state index contributed by atoms with van der Waals surface area (Å²) in [4.78, 5) is 10.4. The van der Waals surface area contributed by atoms with Crippen LogP contribution in [0.15, 0.2) is 24.4 Å². The lowest BCUT2D eigenvalue weighted by Crippen LogP contribution is -2.31. The SMILES string of the molecule is NC(=O)CCc1cccc[n+]1[O-]. The lowest BCUT2D eigenvalue weighted by Gasteiger charge is -2.01. The van der Waals surface area contributed by atoms with Crippen molar-refractivity contribution in [1.29, 1.82) is 0 Å². The number of primary amides is 1. The smallest absolute Gasteiger partial charge is 0.217 e. The second-order valence-corrected chi connectivity index (χ2v) is 2.48. The van der Waals surface area contributed by atoms with Crippen LogP contribution in [0.5, 0.6) is 0 Å². The van der Waals surface area contributed by atoms with Crippen molar-refractivity contribution < 1.29 is 9.52 Å². The van der Waals surface area contributed by atoms with Crippen LogP contribution >= 0.6 is 0 Å². The van der Waals surface area contributed by atoms with E-state index >= 15 is 0 Å². The molecule has 1 rings (SSSR count). The fourth-order valence-corrected chi connectivity index (χ4v) is 0.908. The fraction of sp³-hybridized carbons (Fsp3) is 0.250. The first-order valence-electron chi connectivity index (χ1n) is 3.65. The monoisotopic (exact) mass is 166 g/mol. The Labute approximate surface area is 70.2 Å². The van der Waals surface area contributed by atoms with E-state index in [1.165, 1.54) is 6.20 Å². The summed E-state index contributed by atoms with van der Waals surface area (Å²) in [6.45, 7) is 0. The minimum atomic E-state index is -0.390. The number of nitrogens with two attached hydrogens (primary N) is 1. The highest BCUT2D eigenvalue weighted by Gasteiger charge is 2.04. The van der Waals surface area contributed by atoms with Gasteiger partial charge in [0.2, 0.25) is 5.91 Å². The van der Waals surface area contributed by atoms with Crippen molar-refractivity contribution in [3.63, 3.8) is 0 Å². The van der Waals surface area contributed by atoms with Gasteiger partial charge >= 0.3 is 0 Å². The van der Waals surface area contributed by atoms with Crippen LogP contribution in [0.1, 0.15) is 12.1 Å². The molecule has 1 heterocycles. The van der Waals surface area contributed by atoms with Crippen molar-refractivity contribution in [1.82, 2.24) is 0 Å². The molecular weight excluding hydrogens is 156 g/mol. The van der Waals surface area contributed by atoms with E-state index < -0.39 is 0 Å². The van der Waals surface area contributed by atoms with Crippen LogP contribution in [0.25, 0.3) is 0 Å². The zero-order valence-electron chi connectivity index (χ0n) is 6.56. The summed E-state index contributed by atoms with van der Waals surface area (Å²) >= 11 is 0. The summed E-state index contributed by atoms with van der Waals surface area (Å²) in [5.74, 6) is -0.390. The molecule has 0 unspecified atom stereocenters. The maximum absolute atomic E-state index is 11.0. The zero-order chi connectivity index (χ0) is 8.97. The normalized spacial score (nSPS) is 9.67. The molecule has 4 nitrogen and oxygen atoms in total. The van der Waals surface area contributed by atoms with E-state index in [-0.39, 0.29) is 12.3 Å². The summed E-state index contributed by atoms with van der Waals surface area (Å²) in [7, 11) is 0. The van der Waals surface area contributed by atoms with E-state index in [2.05, 4.69) is 0 Å². The number of aryl methyl sites for hydroxylation is 1. The first-order valence-corrected chi connectivity index (χ1v) is 3.65. The van der Waals surface area contributed by atoms with Crippen molar-refractivity contribution in [2.24, 2.45) is 5.73 Å². The van der Waals surface area contributed by atoms with E-state index in [0.29, 0.717) is 12.1 Å². The zero-order valence-corrected chi connectivity index (χ0v) is 6.56. The first-order chi connectivity index (χ1) is 5.70. The number of aromatic nitrogens is 1. The Morgan fingerprint density at radius 3 is 2.92 bits per heavy atom. The third-order valence-electron chi connectivity index (χ3n) is 1.53. The number of pyridine rings is 1. The Hall–Kier alpha value is -1.58. The minimum absolute atomic E-state index is 0.215. The number of carbonyl (C=O) groups excluding carboxylic acids is 1. The van der Waals surface area contributed by atoms with Gasteiger partial charge in [-0.3, -0.25) is 4.79 Å². The third-order valence-corrected chi connectivity index (χ3v) is 1.53. The summed E-state index contributed by atoms with van der Waals surface area (Å²) in [5, 5.41) is 11.0. The van der Waals surface area contributed by atoms with Crippen LogP contribution < -0.4 is 10.5 Å². The standard InChI is InChI=1S/C8H10N2O2/c9-8(11)5-4-7-3-1-2-6-10(7)12/h1-3,6H,4-5H2,(H2,9,11). The lowest BCUT2D eigenvalue weighted by atomic mass is 10.2. The molecule has 0 atom stereocenters. The third kappa shape index (κ3) is 2.23. The highest BCUT2D eigenvalue weighted by molar-refractivity contribution is 5.73. The van der Waals surface area contributed by atoms with Gasteiger partial charge in [0.15, 0.2) is 11.9 Å². The van der Waals surface area contributed by atoms with Gasteiger partial charge in [-0.05, 0) is 0 Å². The topological polar surface area (TPSA) is 70.0 Å². The molecule has 0 saturated carbocycles. The highest BCUT2D eigenvalue weighted by Crippen LogP contribution is 1.95. The number of hydrogen-bond donors (Lipinski definition) is 1. The van der Waals surface area contributed by atoms with Gasteiger partial charge in [-0.1, -0.05) is 6.07 Å². The molecule has 0 aliphatic rings. The molecule has 64 valence electrons. The van der Waals surface area contributed by atoms with Gasteiger partial charge in [0.05, 0.1) is 0 Å². The number of nitrogens with zero attached hydrogens (tertiary/aromatic N) is 1. The van der Waals surface area contributed by atoms with Gasteiger partial charge in [0.1, 0.15) is 0 Å². The molecule has 0 radical (unpaired) electrons. The predicted molar refractivity (Wildman–Crippen MR) is 42.9 cm³/mol. The quantitative estimate of drug-likeness (QED) is 0.496. The summed E-state index contributed by atoms with van der Waals surface area (Å²) in [6, 6.07) is 5.07. The largest absolute Gasteiger partial charge is 0.619 e. The molecule has 12 heavy (non-hydrogen) atoms. The summed E-state index contributed by atoms with van der Waals surface area (Å²) in [6.07, 6.45) is 2.02. The molecule has 1 aromatic heterocycles. The van der Waals surface area contributed by atoms with Crippen molar-refractivity contribution in [2.75, 3.05) is 0 Å². The van der Waals surface area contributed by atoms with Crippen LogP contribution in [0, 0.1) is 5.21 Å². The van der Waals surface area contributed by atoms with Gasteiger partial charge in [-0.2, -0.15) is 4.73 Å².